The van der Waals surface area contributed by atoms with Crippen LogP contribution in [0.5, 0.6) is 11.5 Å². The standard InChI is InChI=1S/C12H14N4O3S/c1-6(11-15-16-12(13)20-11)14-10(18)8-4-3-7(19-2)5-9(8)17/h3-6,17H,1-2H3,(H2,13,16)(H,14,18)/t6-/m0/s1. The van der Waals surface area contributed by atoms with Crippen molar-refractivity contribution < 1.29 is 14.6 Å². The zero-order chi connectivity index (χ0) is 14.7. The second-order valence-electron chi connectivity index (χ2n) is 4.06. The van der Waals surface area contributed by atoms with Crippen molar-refractivity contribution in [2.75, 3.05) is 12.8 Å². The van der Waals surface area contributed by atoms with Gasteiger partial charge < -0.3 is 20.9 Å². The molecule has 8 heteroatoms. The number of amides is 1. The van der Waals surface area contributed by atoms with E-state index in [0.717, 1.165) is 0 Å². The third kappa shape index (κ3) is 2.97. The van der Waals surface area contributed by atoms with Crippen LogP contribution in [0.25, 0.3) is 0 Å². The highest BCUT2D eigenvalue weighted by molar-refractivity contribution is 7.15. The monoisotopic (exact) mass is 294 g/mol. The highest BCUT2D eigenvalue weighted by Gasteiger charge is 2.17. The van der Waals surface area contributed by atoms with Gasteiger partial charge >= 0.3 is 0 Å². The third-order valence-corrected chi connectivity index (χ3v) is 3.56. The van der Waals surface area contributed by atoms with E-state index >= 15 is 0 Å². The van der Waals surface area contributed by atoms with Gasteiger partial charge in [0.1, 0.15) is 16.5 Å². The van der Waals surface area contributed by atoms with Crippen LogP contribution < -0.4 is 15.8 Å². The number of hydrogen-bond donors (Lipinski definition) is 3. The van der Waals surface area contributed by atoms with Gasteiger partial charge in [0.2, 0.25) is 5.13 Å². The summed E-state index contributed by atoms with van der Waals surface area (Å²) in [5, 5.41) is 21.0. The van der Waals surface area contributed by atoms with Gasteiger partial charge in [0.15, 0.2) is 0 Å². The fourth-order valence-electron chi connectivity index (χ4n) is 1.59. The van der Waals surface area contributed by atoms with E-state index in [1.54, 1.807) is 13.0 Å². The number of nitrogens with one attached hydrogen (secondary N) is 1. The van der Waals surface area contributed by atoms with Crippen molar-refractivity contribution in [1.82, 2.24) is 15.5 Å². The van der Waals surface area contributed by atoms with E-state index in [2.05, 4.69) is 15.5 Å². The van der Waals surface area contributed by atoms with Crippen LogP contribution in [0.1, 0.15) is 28.3 Å². The predicted octanol–water partition coefficient (Wildman–Crippen LogP) is 1.33. The summed E-state index contributed by atoms with van der Waals surface area (Å²) in [6.45, 7) is 1.76. The van der Waals surface area contributed by atoms with Crippen LogP contribution in [0.2, 0.25) is 0 Å². The van der Waals surface area contributed by atoms with Gasteiger partial charge in [0.25, 0.3) is 5.91 Å². The molecule has 0 aliphatic rings. The molecule has 1 heterocycles. The molecule has 0 spiro atoms. The lowest BCUT2D eigenvalue weighted by Gasteiger charge is -2.12. The Labute approximate surface area is 119 Å². The van der Waals surface area contributed by atoms with E-state index in [4.69, 9.17) is 10.5 Å². The molecule has 0 aliphatic carbocycles. The molecule has 0 aliphatic heterocycles. The number of rotatable bonds is 4. The first-order chi connectivity index (χ1) is 9.51. The molecule has 1 aromatic heterocycles. The number of phenolic OH excluding ortho intramolecular Hbond substituents is 1. The minimum atomic E-state index is -0.411. The molecule has 0 unspecified atom stereocenters. The van der Waals surface area contributed by atoms with E-state index < -0.39 is 5.91 Å². The maximum Gasteiger partial charge on any atom is 0.255 e. The quantitative estimate of drug-likeness (QED) is 0.784. The molecule has 0 saturated carbocycles. The molecule has 1 atom stereocenters. The second-order valence-corrected chi connectivity index (χ2v) is 5.10. The van der Waals surface area contributed by atoms with Gasteiger partial charge in [-0.1, -0.05) is 11.3 Å². The summed E-state index contributed by atoms with van der Waals surface area (Å²) < 4.78 is 4.96. The summed E-state index contributed by atoms with van der Waals surface area (Å²) in [7, 11) is 1.48. The number of ether oxygens (including phenoxy) is 1. The number of nitrogens with zero attached hydrogens (tertiary/aromatic N) is 2. The number of benzene rings is 1. The molecular weight excluding hydrogens is 280 g/mol. The molecule has 0 fully saturated rings. The maximum absolute atomic E-state index is 12.1. The van der Waals surface area contributed by atoms with Gasteiger partial charge in [0.05, 0.1) is 18.7 Å². The molecule has 0 radical (unpaired) electrons. The molecule has 0 saturated heterocycles. The molecule has 1 aromatic carbocycles. The zero-order valence-electron chi connectivity index (χ0n) is 11.0. The molecular formula is C12H14N4O3S. The van der Waals surface area contributed by atoms with Gasteiger partial charge in [-0.25, -0.2) is 0 Å². The lowest BCUT2D eigenvalue weighted by atomic mass is 10.1. The number of carbonyl (C=O) groups excluding carboxylic acids is 1. The van der Waals surface area contributed by atoms with Gasteiger partial charge in [-0.15, -0.1) is 10.2 Å². The molecule has 0 bridgehead atoms. The van der Waals surface area contributed by atoms with Crippen molar-refractivity contribution in [1.29, 1.82) is 0 Å². The normalized spacial score (nSPS) is 11.9. The lowest BCUT2D eigenvalue weighted by Crippen LogP contribution is -2.26. The molecule has 106 valence electrons. The van der Waals surface area contributed by atoms with E-state index in [1.165, 1.54) is 30.6 Å². The van der Waals surface area contributed by atoms with Gasteiger partial charge in [-0.3, -0.25) is 4.79 Å². The Morgan fingerprint density at radius 3 is 2.80 bits per heavy atom. The van der Waals surface area contributed by atoms with Crippen LogP contribution >= 0.6 is 11.3 Å². The molecule has 4 N–H and O–H groups in total. The summed E-state index contributed by atoms with van der Waals surface area (Å²) in [5.74, 6) is -0.0822. The van der Waals surface area contributed by atoms with E-state index in [-0.39, 0.29) is 17.4 Å². The van der Waals surface area contributed by atoms with Crippen molar-refractivity contribution in [3.8, 4) is 11.5 Å². The van der Waals surface area contributed by atoms with Crippen LogP contribution in [-0.2, 0) is 0 Å². The number of nitrogens with two attached hydrogens (primary N) is 1. The molecule has 2 rings (SSSR count). The van der Waals surface area contributed by atoms with E-state index in [1.807, 2.05) is 0 Å². The first kappa shape index (κ1) is 14.1. The maximum atomic E-state index is 12.1. The SMILES string of the molecule is COc1ccc(C(=O)N[C@@H](C)c2nnc(N)s2)c(O)c1. The summed E-state index contributed by atoms with van der Waals surface area (Å²) in [5.41, 5.74) is 5.65. The Bertz CT molecular complexity index is 629. The van der Waals surface area contributed by atoms with Crippen molar-refractivity contribution in [2.24, 2.45) is 0 Å². The molecule has 20 heavy (non-hydrogen) atoms. The lowest BCUT2D eigenvalue weighted by molar-refractivity contribution is 0.0937. The summed E-state index contributed by atoms with van der Waals surface area (Å²) >= 11 is 1.20. The topological polar surface area (TPSA) is 110 Å². The van der Waals surface area contributed by atoms with E-state index in [0.29, 0.717) is 15.9 Å². The number of anilines is 1. The number of hydrogen-bond acceptors (Lipinski definition) is 7. The van der Waals surface area contributed by atoms with Crippen LogP contribution in [0.3, 0.4) is 0 Å². The van der Waals surface area contributed by atoms with Crippen LogP contribution in [0.15, 0.2) is 18.2 Å². The molecule has 7 nitrogen and oxygen atoms in total. The largest absolute Gasteiger partial charge is 0.507 e. The smallest absolute Gasteiger partial charge is 0.255 e. The van der Waals surface area contributed by atoms with Gasteiger partial charge in [-0.2, -0.15) is 0 Å². The first-order valence-electron chi connectivity index (χ1n) is 5.78. The van der Waals surface area contributed by atoms with Crippen LogP contribution in [-0.4, -0.2) is 28.3 Å². The highest BCUT2D eigenvalue weighted by atomic mass is 32.1. The number of aromatic hydroxyl groups is 1. The first-order valence-corrected chi connectivity index (χ1v) is 6.59. The number of methoxy groups -OCH3 is 1. The van der Waals surface area contributed by atoms with Crippen molar-refractivity contribution in [3.05, 3.63) is 28.8 Å². The van der Waals surface area contributed by atoms with Crippen LogP contribution in [0, 0.1) is 0 Å². The third-order valence-electron chi connectivity index (χ3n) is 2.62. The Kier molecular flexibility index (Phi) is 4.04. The number of nitrogen functional groups attached to an aromatic ring is 1. The minimum absolute atomic E-state index is 0.147. The summed E-state index contributed by atoms with van der Waals surface area (Å²) in [4.78, 5) is 12.1. The number of phenols is 1. The van der Waals surface area contributed by atoms with E-state index in [9.17, 15) is 9.90 Å². The second kappa shape index (κ2) is 5.74. The van der Waals surface area contributed by atoms with Crippen molar-refractivity contribution >= 4 is 22.4 Å². The Morgan fingerprint density at radius 2 is 2.25 bits per heavy atom. The molecule has 1 amide bonds. The average molecular weight is 294 g/mol. The molecule has 2 aromatic rings. The Morgan fingerprint density at radius 1 is 1.50 bits per heavy atom. The van der Waals surface area contributed by atoms with Gasteiger partial charge in [-0.05, 0) is 19.1 Å². The van der Waals surface area contributed by atoms with Crippen molar-refractivity contribution in [3.63, 3.8) is 0 Å². The minimum Gasteiger partial charge on any atom is -0.507 e. The van der Waals surface area contributed by atoms with Crippen LogP contribution in [0.4, 0.5) is 5.13 Å². The van der Waals surface area contributed by atoms with Gasteiger partial charge in [0, 0.05) is 6.07 Å². The summed E-state index contributed by atoms with van der Waals surface area (Å²) in [6.07, 6.45) is 0. The number of aromatic nitrogens is 2. The highest BCUT2D eigenvalue weighted by Crippen LogP contribution is 2.25. The fraction of sp³-hybridized carbons (Fsp3) is 0.250. The fourth-order valence-corrected chi connectivity index (χ4v) is 2.20. The Hall–Kier alpha value is -2.35. The predicted molar refractivity (Wildman–Crippen MR) is 74.9 cm³/mol. The van der Waals surface area contributed by atoms with Crippen molar-refractivity contribution in [2.45, 2.75) is 13.0 Å². The summed E-state index contributed by atoms with van der Waals surface area (Å²) in [6, 6.07) is 4.12. The number of carbonyl (C=O) groups is 1. The Balaban J connectivity index is 2.12. The average Bonchev–Trinajstić information content (AvgIpc) is 2.85. The zero-order valence-corrected chi connectivity index (χ0v) is 11.8.